The standard InChI is InChI=1S/C21H15ClN2O3/c1-11(21(26)27)18-15-7-6-14(22)9-16(15)24-19(18)20(25)17-8-12-4-2-3-5-13(12)10-23-17/h2-11,24H,1H3,(H,26,27). The average molecular weight is 379 g/mol. The van der Waals surface area contributed by atoms with Crippen molar-refractivity contribution in [2.45, 2.75) is 12.8 Å². The largest absolute Gasteiger partial charge is 0.481 e. The van der Waals surface area contributed by atoms with Crippen molar-refractivity contribution >= 4 is 45.0 Å². The number of nitrogens with zero attached hydrogens (tertiary/aromatic N) is 1. The molecule has 2 aromatic heterocycles. The molecule has 0 saturated carbocycles. The van der Waals surface area contributed by atoms with Crippen molar-refractivity contribution in [3.8, 4) is 0 Å². The number of aliphatic carboxylic acids is 1. The summed E-state index contributed by atoms with van der Waals surface area (Å²) in [5.41, 5.74) is 1.54. The third-order valence-corrected chi connectivity index (χ3v) is 4.93. The summed E-state index contributed by atoms with van der Waals surface area (Å²) in [4.78, 5) is 32.1. The Hall–Kier alpha value is -3.18. The second-order valence-electron chi connectivity index (χ2n) is 6.41. The van der Waals surface area contributed by atoms with Crippen LogP contribution in [0.1, 0.15) is 34.6 Å². The van der Waals surface area contributed by atoms with Gasteiger partial charge in [-0.25, -0.2) is 0 Å². The van der Waals surface area contributed by atoms with Crippen LogP contribution in [0.5, 0.6) is 0 Å². The van der Waals surface area contributed by atoms with Gasteiger partial charge in [0, 0.05) is 33.1 Å². The number of H-pyrrole nitrogens is 1. The minimum atomic E-state index is -1.01. The quantitative estimate of drug-likeness (QED) is 0.500. The van der Waals surface area contributed by atoms with Gasteiger partial charge in [0.05, 0.1) is 11.6 Å². The van der Waals surface area contributed by atoms with Crippen LogP contribution in [0.2, 0.25) is 5.02 Å². The molecule has 4 rings (SSSR count). The Kier molecular flexibility index (Phi) is 4.16. The van der Waals surface area contributed by atoms with Crippen LogP contribution in [-0.4, -0.2) is 26.8 Å². The fourth-order valence-corrected chi connectivity index (χ4v) is 3.45. The maximum Gasteiger partial charge on any atom is 0.310 e. The van der Waals surface area contributed by atoms with Crippen LogP contribution >= 0.6 is 11.6 Å². The molecular formula is C21H15ClN2O3. The number of hydrogen-bond donors (Lipinski definition) is 2. The molecule has 2 heterocycles. The summed E-state index contributed by atoms with van der Waals surface area (Å²) in [6.45, 7) is 1.56. The number of rotatable bonds is 4. The first-order valence-electron chi connectivity index (χ1n) is 8.39. The van der Waals surface area contributed by atoms with E-state index >= 15 is 0 Å². The second-order valence-corrected chi connectivity index (χ2v) is 6.85. The topological polar surface area (TPSA) is 83.0 Å². The molecule has 0 saturated heterocycles. The molecule has 4 aromatic rings. The van der Waals surface area contributed by atoms with E-state index in [4.69, 9.17) is 11.6 Å². The molecule has 1 unspecified atom stereocenters. The predicted molar refractivity (Wildman–Crippen MR) is 105 cm³/mol. The molecule has 5 nitrogen and oxygen atoms in total. The van der Waals surface area contributed by atoms with Gasteiger partial charge >= 0.3 is 5.97 Å². The van der Waals surface area contributed by atoms with E-state index in [9.17, 15) is 14.7 Å². The number of carboxylic acids is 1. The van der Waals surface area contributed by atoms with Crippen LogP contribution in [-0.2, 0) is 4.79 Å². The van der Waals surface area contributed by atoms with E-state index in [1.165, 1.54) is 0 Å². The van der Waals surface area contributed by atoms with Gasteiger partial charge in [0.2, 0.25) is 5.78 Å². The van der Waals surface area contributed by atoms with Crippen molar-refractivity contribution in [3.05, 3.63) is 76.7 Å². The number of carbonyl (C=O) groups is 2. The first-order valence-corrected chi connectivity index (χ1v) is 8.77. The highest BCUT2D eigenvalue weighted by Gasteiger charge is 2.27. The maximum atomic E-state index is 13.2. The monoisotopic (exact) mass is 378 g/mol. The van der Waals surface area contributed by atoms with Gasteiger partial charge in [0.25, 0.3) is 0 Å². The smallest absolute Gasteiger partial charge is 0.310 e. The lowest BCUT2D eigenvalue weighted by Crippen LogP contribution is -2.13. The third kappa shape index (κ3) is 2.96. The number of ketones is 1. The number of carboxylic acid groups (broad SMARTS) is 1. The number of benzene rings is 2. The SMILES string of the molecule is CC(C(=O)O)c1c(C(=O)c2cc3ccccc3cn2)[nH]c2cc(Cl)ccc12. The van der Waals surface area contributed by atoms with Gasteiger partial charge in [-0.3, -0.25) is 14.6 Å². The van der Waals surface area contributed by atoms with Gasteiger partial charge in [-0.05, 0) is 30.5 Å². The zero-order valence-electron chi connectivity index (χ0n) is 14.4. The predicted octanol–water partition coefficient (Wildman–Crippen LogP) is 4.79. The highest BCUT2D eigenvalue weighted by molar-refractivity contribution is 6.31. The number of pyridine rings is 1. The summed E-state index contributed by atoms with van der Waals surface area (Å²) < 4.78 is 0. The Balaban J connectivity index is 1.91. The van der Waals surface area contributed by atoms with Crippen LogP contribution in [0, 0.1) is 0 Å². The highest BCUT2D eigenvalue weighted by atomic mass is 35.5. The zero-order chi connectivity index (χ0) is 19.1. The van der Waals surface area contributed by atoms with Crippen LogP contribution in [0.4, 0.5) is 0 Å². The van der Waals surface area contributed by atoms with Crippen molar-refractivity contribution in [1.29, 1.82) is 0 Å². The molecule has 0 spiro atoms. The molecule has 0 aliphatic heterocycles. The van der Waals surface area contributed by atoms with Gasteiger partial charge in [-0.2, -0.15) is 0 Å². The Morgan fingerprint density at radius 3 is 2.59 bits per heavy atom. The maximum absolute atomic E-state index is 13.2. The Morgan fingerprint density at radius 2 is 1.85 bits per heavy atom. The van der Waals surface area contributed by atoms with Crippen LogP contribution < -0.4 is 0 Å². The van der Waals surface area contributed by atoms with Crippen LogP contribution in [0.15, 0.2) is 54.7 Å². The van der Waals surface area contributed by atoms with Crippen molar-refractivity contribution in [2.75, 3.05) is 0 Å². The van der Waals surface area contributed by atoms with E-state index in [1.807, 2.05) is 24.3 Å². The first kappa shape index (κ1) is 17.2. The van der Waals surface area contributed by atoms with Gasteiger partial charge in [0.15, 0.2) is 0 Å². The number of aromatic nitrogens is 2. The molecule has 2 N–H and O–H groups in total. The first-order chi connectivity index (χ1) is 13.0. The average Bonchev–Trinajstić information content (AvgIpc) is 3.04. The fraction of sp³-hybridized carbons (Fsp3) is 0.0952. The minimum Gasteiger partial charge on any atom is -0.481 e. The van der Waals surface area contributed by atoms with Crippen molar-refractivity contribution in [1.82, 2.24) is 9.97 Å². The number of fused-ring (bicyclic) bond motifs is 2. The van der Waals surface area contributed by atoms with Crippen molar-refractivity contribution in [2.24, 2.45) is 0 Å². The summed E-state index contributed by atoms with van der Waals surface area (Å²) in [6.07, 6.45) is 1.64. The van der Waals surface area contributed by atoms with Crippen LogP contribution in [0.3, 0.4) is 0 Å². The van der Waals surface area contributed by atoms with E-state index in [0.29, 0.717) is 21.5 Å². The molecular weight excluding hydrogens is 364 g/mol. The molecule has 0 aliphatic carbocycles. The Bertz CT molecular complexity index is 1210. The van der Waals surface area contributed by atoms with Crippen molar-refractivity contribution in [3.63, 3.8) is 0 Å². The highest BCUT2D eigenvalue weighted by Crippen LogP contribution is 2.32. The van der Waals surface area contributed by atoms with Gasteiger partial charge in [0.1, 0.15) is 5.69 Å². The molecule has 0 bridgehead atoms. The van der Waals surface area contributed by atoms with Gasteiger partial charge in [-0.15, -0.1) is 0 Å². The molecule has 2 aromatic carbocycles. The zero-order valence-corrected chi connectivity index (χ0v) is 15.1. The number of halogens is 1. The molecule has 27 heavy (non-hydrogen) atoms. The van der Waals surface area contributed by atoms with E-state index in [2.05, 4.69) is 9.97 Å². The Labute approximate surface area is 159 Å². The molecule has 1 atom stereocenters. The third-order valence-electron chi connectivity index (χ3n) is 4.69. The molecule has 6 heteroatoms. The second kappa shape index (κ2) is 6.52. The van der Waals surface area contributed by atoms with Crippen LogP contribution in [0.25, 0.3) is 21.7 Å². The van der Waals surface area contributed by atoms with E-state index < -0.39 is 11.9 Å². The summed E-state index contributed by atoms with van der Waals surface area (Å²) in [6, 6.07) is 14.4. The number of nitrogens with one attached hydrogen (secondary N) is 1. The van der Waals surface area contributed by atoms with E-state index in [-0.39, 0.29) is 17.2 Å². The van der Waals surface area contributed by atoms with Gasteiger partial charge in [-0.1, -0.05) is 41.9 Å². The van der Waals surface area contributed by atoms with Gasteiger partial charge < -0.3 is 10.1 Å². The molecule has 134 valence electrons. The fourth-order valence-electron chi connectivity index (χ4n) is 3.28. The minimum absolute atomic E-state index is 0.227. The molecule has 0 aliphatic rings. The number of hydrogen-bond acceptors (Lipinski definition) is 3. The van der Waals surface area contributed by atoms with E-state index in [1.54, 1.807) is 37.4 Å². The summed E-state index contributed by atoms with van der Waals surface area (Å²) in [5.74, 6) is -2.22. The summed E-state index contributed by atoms with van der Waals surface area (Å²) in [7, 11) is 0. The lowest BCUT2D eigenvalue weighted by Gasteiger charge is -2.09. The molecule has 0 amide bonds. The summed E-state index contributed by atoms with van der Waals surface area (Å²) >= 11 is 6.05. The number of aromatic amines is 1. The molecule has 0 radical (unpaired) electrons. The Morgan fingerprint density at radius 1 is 1.11 bits per heavy atom. The molecule has 0 fully saturated rings. The normalized spacial score (nSPS) is 12.4. The van der Waals surface area contributed by atoms with Crippen molar-refractivity contribution < 1.29 is 14.7 Å². The number of carbonyl (C=O) groups excluding carboxylic acids is 1. The summed E-state index contributed by atoms with van der Waals surface area (Å²) in [5, 5.41) is 12.5. The lowest BCUT2D eigenvalue weighted by atomic mass is 9.95. The van der Waals surface area contributed by atoms with E-state index in [0.717, 1.165) is 10.8 Å². The lowest BCUT2D eigenvalue weighted by molar-refractivity contribution is -0.138.